The maximum absolute atomic E-state index is 14.7. The first-order valence-corrected chi connectivity index (χ1v) is 21.3. The number of halogens is 3. The third-order valence-electron chi connectivity index (χ3n) is 12.0. The second-order valence-corrected chi connectivity index (χ2v) is 19.2. The van der Waals surface area contributed by atoms with E-state index in [2.05, 4.69) is 20.3 Å². The zero-order valence-electron chi connectivity index (χ0n) is 33.3. The van der Waals surface area contributed by atoms with E-state index in [1.165, 1.54) is 36.9 Å². The van der Waals surface area contributed by atoms with Crippen LogP contribution in [-0.2, 0) is 41.7 Å². The van der Waals surface area contributed by atoms with E-state index in [9.17, 15) is 45.9 Å². The fourth-order valence-corrected chi connectivity index (χ4v) is 9.02. The molecular weight excluding hydrogens is 784 g/mol. The van der Waals surface area contributed by atoms with Gasteiger partial charge in [-0.2, -0.15) is 13.2 Å². The van der Waals surface area contributed by atoms with E-state index in [4.69, 9.17) is 9.47 Å². The number of phenols is 1. The average Bonchev–Trinajstić information content (AvgIpc) is 3.80. The first-order valence-electron chi connectivity index (χ1n) is 19.8. The van der Waals surface area contributed by atoms with Gasteiger partial charge in [-0.15, -0.1) is 0 Å². The van der Waals surface area contributed by atoms with Crippen molar-refractivity contribution in [2.45, 2.75) is 145 Å². The van der Waals surface area contributed by atoms with Crippen molar-refractivity contribution in [3.05, 3.63) is 41.6 Å². The number of aryl methyl sites for hydroxylation is 1. The number of alkyl carbamates (subject to hydrolysis) is 1. The SMILES string of the molecule is CC(C)C(C)OC(=O)N[C@H]1CCCCC/C=C\CC(C)(C(=O)NS(=O)(=O)C2(C)CC2)NC(=O)[C@@H]2C[C@]3(CCc4c(c(C(F)(F)F)nc5ccc(O)cc45)O3)CN2C1=O. The van der Waals surface area contributed by atoms with Crippen LogP contribution in [0.15, 0.2) is 30.4 Å². The Balaban J connectivity index is 1.40. The second-order valence-electron chi connectivity index (χ2n) is 17.0. The maximum atomic E-state index is 14.7. The van der Waals surface area contributed by atoms with Crippen molar-refractivity contribution in [1.82, 2.24) is 25.2 Å². The number of allylic oxidation sites excluding steroid dienone is 1. The van der Waals surface area contributed by atoms with Gasteiger partial charge in [0.05, 0.1) is 16.8 Å². The van der Waals surface area contributed by atoms with Crippen LogP contribution in [0.3, 0.4) is 0 Å². The molecular formula is C40H52F3N5O9S. The highest BCUT2D eigenvalue weighted by molar-refractivity contribution is 7.91. The lowest BCUT2D eigenvalue weighted by atomic mass is 9.86. The molecule has 1 aromatic heterocycles. The number of nitrogens with one attached hydrogen (secondary N) is 3. The lowest BCUT2D eigenvalue weighted by molar-refractivity contribution is -0.144. The number of carbonyl (C=O) groups is 4. The van der Waals surface area contributed by atoms with Gasteiger partial charge in [0.1, 0.15) is 35.1 Å². The Labute approximate surface area is 335 Å². The number of aromatic nitrogens is 1. The molecule has 0 radical (unpaired) electrons. The van der Waals surface area contributed by atoms with Gasteiger partial charge in [-0.05, 0) is 96.3 Å². The van der Waals surface area contributed by atoms with E-state index >= 15 is 0 Å². The summed E-state index contributed by atoms with van der Waals surface area (Å²) in [4.78, 5) is 61.3. The lowest BCUT2D eigenvalue weighted by Gasteiger charge is -2.37. The fraction of sp³-hybridized carbons (Fsp3) is 0.625. The number of carbonyl (C=O) groups excluding carboxylic acids is 4. The Bertz CT molecular complexity index is 2110. The lowest BCUT2D eigenvalue weighted by Crippen LogP contribution is -2.62. The first-order chi connectivity index (χ1) is 27.1. The van der Waals surface area contributed by atoms with Gasteiger partial charge in [0, 0.05) is 17.4 Å². The molecule has 4 N–H and O–H groups in total. The number of amides is 4. The molecule has 2 fully saturated rings. The summed E-state index contributed by atoms with van der Waals surface area (Å²) >= 11 is 0. The third-order valence-corrected chi connectivity index (χ3v) is 14.2. The second kappa shape index (κ2) is 15.9. The van der Waals surface area contributed by atoms with Crippen molar-refractivity contribution in [2.24, 2.45) is 5.92 Å². The Morgan fingerprint density at radius 1 is 1.09 bits per heavy atom. The van der Waals surface area contributed by atoms with Crippen molar-refractivity contribution in [2.75, 3.05) is 6.54 Å². The topological polar surface area (TPSA) is 193 Å². The summed E-state index contributed by atoms with van der Waals surface area (Å²) in [5, 5.41) is 15.8. The molecule has 18 heteroatoms. The van der Waals surface area contributed by atoms with Crippen molar-refractivity contribution < 1.29 is 55.3 Å². The Morgan fingerprint density at radius 3 is 2.48 bits per heavy atom. The summed E-state index contributed by atoms with van der Waals surface area (Å²) < 4.78 is 83.2. The number of phenolic OH excluding ortho intramolecular Hbond substituents is 1. The van der Waals surface area contributed by atoms with Crippen LogP contribution >= 0.6 is 0 Å². The number of rotatable bonds is 6. The largest absolute Gasteiger partial charge is 0.508 e. The molecule has 5 atom stereocenters. The average molecular weight is 836 g/mol. The standard InChI is InChI=1S/C40H52F3N5O9S/c1-23(2)24(3)56-36(53)45-29-12-10-8-6-7-9-11-16-38(5,35(52)47-58(54,55)37(4)18-19-37)46-33(50)30-21-39(22-48(30)34(29)51)17-15-26-27-20-25(49)13-14-28(27)44-32(31(26)57-39)40(41,42)43/h9,11,13-14,20,23-24,29-30,49H,6-8,10,12,15-19,21-22H2,1-5H3,(H,45,53)(H,46,50)(H,47,52)/b11-9-/t24?,29-,30-,38?,39+/m0/s1. The molecule has 1 saturated heterocycles. The summed E-state index contributed by atoms with van der Waals surface area (Å²) in [5.41, 5.74) is -4.57. The maximum Gasteiger partial charge on any atom is 0.437 e. The van der Waals surface area contributed by atoms with E-state index in [1.54, 1.807) is 13.0 Å². The van der Waals surface area contributed by atoms with Gasteiger partial charge in [0.15, 0.2) is 11.4 Å². The van der Waals surface area contributed by atoms with E-state index in [0.29, 0.717) is 38.5 Å². The summed E-state index contributed by atoms with van der Waals surface area (Å²) in [7, 11) is -4.13. The number of sulfonamides is 1. The molecule has 2 unspecified atom stereocenters. The van der Waals surface area contributed by atoms with Crippen LogP contribution in [0, 0.1) is 5.92 Å². The molecule has 318 valence electrons. The summed E-state index contributed by atoms with van der Waals surface area (Å²) in [6.45, 7) is 7.94. The minimum absolute atomic E-state index is 0.000105. The van der Waals surface area contributed by atoms with Crippen LogP contribution in [0.1, 0.15) is 110 Å². The van der Waals surface area contributed by atoms with E-state index in [1.807, 2.05) is 19.9 Å². The number of hydrogen-bond donors (Lipinski definition) is 4. The van der Waals surface area contributed by atoms with E-state index in [-0.39, 0.29) is 66.8 Å². The normalized spacial score (nSPS) is 27.6. The predicted molar refractivity (Wildman–Crippen MR) is 206 cm³/mol. The highest BCUT2D eigenvalue weighted by Crippen LogP contribution is 2.49. The van der Waals surface area contributed by atoms with Crippen LogP contribution in [0.5, 0.6) is 11.5 Å². The zero-order chi connectivity index (χ0) is 42.4. The molecule has 14 nitrogen and oxygen atoms in total. The molecule has 1 aromatic carbocycles. The van der Waals surface area contributed by atoms with Gasteiger partial charge in [0.25, 0.3) is 5.91 Å². The van der Waals surface area contributed by atoms with Gasteiger partial charge in [-0.1, -0.05) is 38.8 Å². The number of nitrogens with zero attached hydrogens (tertiary/aromatic N) is 2. The Morgan fingerprint density at radius 2 is 1.81 bits per heavy atom. The van der Waals surface area contributed by atoms with Crippen LogP contribution in [0.4, 0.5) is 18.0 Å². The molecule has 4 aliphatic rings. The minimum Gasteiger partial charge on any atom is -0.508 e. The van der Waals surface area contributed by atoms with Crippen LogP contribution in [-0.4, -0.2) is 87.8 Å². The predicted octanol–water partition coefficient (Wildman–Crippen LogP) is 5.55. The molecule has 1 spiro atoms. The molecule has 58 heavy (non-hydrogen) atoms. The van der Waals surface area contributed by atoms with Gasteiger partial charge < -0.3 is 30.1 Å². The molecule has 1 aliphatic carbocycles. The number of pyridine rings is 1. The van der Waals surface area contributed by atoms with Crippen LogP contribution in [0.2, 0.25) is 0 Å². The van der Waals surface area contributed by atoms with Crippen molar-refractivity contribution in [3.63, 3.8) is 0 Å². The number of ether oxygens (including phenoxy) is 2. The summed E-state index contributed by atoms with van der Waals surface area (Å²) in [5.74, 6) is -3.38. The van der Waals surface area contributed by atoms with Crippen LogP contribution < -0.4 is 20.1 Å². The first kappa shape index (κ1) is 43.0. The number of hydrogen-bond acceptors (Lipinski definition) is 10. The highest BCUT2D eigenvalue weighted by Gasteiger charge is 2.56. The van der Waals surface area contributed by atoms with Crippen molar-refractivity contribution in [3.8, 4) is 11.5 Å². The molecule has 4 heterocycles. The van der Waals surface area contributed by atoms with E-state index < -0.39 is 85.5 Å². The number of benzene rings is 1. The Kier molecular flexibility index (Phi) is 11.8. The summed E-state index contributed by atoms with van der Waals surface area (Å²) in [6, 6.07) is 1.17. The third kappa shape index (κ3) is 8.86. The fourth-order valence-electron chi connectivity index (χ4n) is 7.66. The number of aromatic hydroxyl groups is 1. The van der Waals surface area contributed by atoms with Crippen LogP contribution in [0.25, 0.3) is 10.9 Å². The highest BCUT2D eigenvalue weighted by atomic mass is 32.2. The zero-order valence-corrected chi connectivity index (χ0v) is 34.1. The smallest absolute Gasteiger partial charge is 0.437 e. The minimum atomic E-state index is -4.96. The molecule has 1 saturated carbocycles. The van der Waals surface area contributed by atoms with Gasteiger partial charge in [0.2, 0.25) is 21.8 Å². The van der Waals surface area contributed by atoms with E-state index in [0.717, 1.165) is 0 Å². The summed E-state index contributed by atoms with van der Waals surface area (Å²) in [6.07, 6.45) is 0.0405. The molecule has 0 bridgehead atoms. The number of fused-ring (bicyclic) bond motifs is 4. The van der Waals surface area contributed by atoms with Crippen molar-refractivity contribution >= 4 is 44.7 Å². The molecule has 3 aliphatic heterocycles. The molecule has 4 amide bonds. The monoisotopic (exact) mass is 835 g/mol. The van der Waals surface area contributed by atoms with Crippen molar-refractivity contribution in [1.29, 1.82) is 0 Å². The molecule has 2 aromatic rings. The quantitative estimate of drug-likeness (QED) is 0.269. The Hall–Kier alpha value is -4.61. The van der Waals surface area contributed by atoms with Gasteiger partial charge in [-0.25, -0.2) is 18.2 Å². The van der Waals surface area contributed by atoms with Gasteiger partial charge in [-0.3, -0.25) is 19.1 Å². The van der Waals surface area contributed by atoms with Gasteiger partial charge >= 0.3 is 12.3 Å². The molecule has 6 rings (SSSR count). The number of alkyl halides is 3.